The zero-order valence-corrected chi connectivity index (χ0v) is 15.4. The summed E-state index contributed by atoms with van der Waals surface area (Å²) in [5.74, 6) is -2.31. The van der Waals surface area contributed by atoms with Crippen molar-refractivity contribution in [3.8, 4) is 11.3 Å². The summed E-state index contributed by atoms with van der Waals surface area (Å²) in [6, 6.07) is 11.2. The highest BCUT2D eigenvalue weighted by Crippen LogP contribution is 2.23. The Morgan fingerprint density at radius 3 is 2.48 bits per heavy atom. The quantitative estimate of drug-likeness (QED) is 0.669. The van der Waals surface area contributed by atoms with Crippen molar-refractivity contribution >= 4 is 5.91 Å². The summed E-state index contributed by atoms with van der Waals surface area (Å²) >= 11 is 0. The maximum atomic E-state index is 13.4. The van der Waals surface area contributed by atoms with E-state index in [0.717, 1.165) is 17.7 Å². The lowest BCUT2D eigenvalue weighted by molar-refractivity contribution is 0.0618. The van der Waals surface area contributed by atoms with Crippen molar-refractivity contribution in [3.63, 3.8) is 0 Å². The van der Waals surface area contributed by atoms with E-state index in [4.69, 9.17) is 4.52 Å². The average molecular weight is 401 g/mol. The van der Waals surface area contributed by atoms with Crippen LogP contribution < -0.4 is 0 Å². The Bertz CT molecular complexity index is 1030. The first-order chi connectivity index (χ1) is 14.0. The third-order valence-electron chi connectivity index (χ3n) is 4.89. The number of hydrogen-bond donors (Lipinski definition) is 0. The predicted octanol–water partition coefficient (Wildman–Crippen LogP) is 3.72. The lowest BCUT2D eigenvalue weighted by Crippen LogP contribution is -2.48. The van der Waals surface area contributed by atoms with E-state index >= 15 is 0 Å². The number of amides is 1. The molecule has 1 amide bonds. The molecule has 0 radical (unpaired) electrons. The average Bonchev–Trinajstić information content (AvgIpc) is 3.20. The fraction of sp³-hybridized carbons (Fsp3) is 0.238. The highest BCUT2D eigenvalue weighted by Gasteiger charge is 2.25. The standard InChI is InChI=1S/C21H18F3N3O2/c22-16-3-1-2-14(10-16)13-26-6-8-27(9-7-26)21(28)19-12-20(29-25-19)15-4-5-17(23)18(24)11-15/h1-5,10-12H,6-9,13H2. The van der Waals surface area contributed by atoms with Crippen molar-refractivity contribution in [2.45, 2.75) is 6.54 Å². The van der Waals surface area contributed by atoms with E-state index in [1.807, 2.05) is 6.07 Å². The summed E-state index contributed by atoms with van der Waals surface area (Å²) in [7, 11) is 0. The summed E-state index contributed by atoms with van der Waals surface area (Å²) in [4.78, 5) is 16.5. The number of halogens is 3. The fourth-order valence-corrected chi connectivity index (χ4v) is 3.33. The van der Waals surface area contributed by atoms with Crippen LogP contribution in [0.5, 0.6) is 0 Å². The highest BCUT2D eigenvalue weighted by molar-refractivity contribution is 5.93. The molecule has 150 valence electrons. The Balaban J connectivity index is 1.37. The van der Waals surface area contributed by atoms with Gasteiger partial charge in [0.2, 0.25) is 0 Å². The zero-order chi connectivity index (χ0) is 20.4. The summed E-state index contributed by atoms with van der Waals surface area (Å²) in [6.45, 7) is 2.92. The molecule has 2 heterocycles. The van der Waals surface area contributed by atoms with Gasteiger partial charge in [-0.3, -0.25) is 9.69 Å². The molecule has 0 N–H and O–H groups in total. The van der Waals surface area contributed by atoms with Crippen LogP contribution in [-0.2, 0) is 6.54 Å². The fourth-order valence-electron chi connectivity index (χ4n) is 3.33. The van der Waals surface area contributed by atoms with Crippen LogP contribution >= 0.6 is 0 Å². The molecular weight excluding hydrogens is 383 g/mol. The number of hydrogen-bond acceptors (Lipinski definition) is 4. The van der Waals surface area contributed by atoms with Gasteiger partial charge in [-0.05, 0) is 35.9 Å². The van der Waals surface area contributed by atoms with Crippen molar-refractivity contribution in [2.75, 3.05) is 26.2 Å². The Morgan fingerprint density at radius 2 is 1.76 bits per heavy atom. The minimum Gasteiger partial charge on any atom is -0.355 e. The van der Waals surface area contributed by atoms with Crippen molar-refractivity contribution < 1.29 is 22.5 Å². The molecule has 0 spiro atoms. The SMILES string of the molecule is O=C(c1cc(-c2ccc(F)c(F)c2)on1)N1CCN(Cc2cccc(F)c2)CC1. The number of rotatable bonds is 4. The van der Waals surface area contributed by atoms with Crippen LogP contribution in [0.1, 0.15) is 16.1 Å². The number of piperazine rings is 1. The topological polar surface area (TPSA) is 49.6 Å². The van der Waals surface area contributed by atoms with Gasteiger partial charge in [0.05, 0.1) is 0 Å². The molecule has 8 heteroatoms. The number of nitrogens with zero attached hydrogens (tertiary/aromatic N) is 3. The summed E-state index contributed by atoms with van der Waals surface area (Å²) < 4.78 is 44.9. The number of carbonyl (C=O) groups excluding carboxylic acids is 1. The largest absolute Gasteiger partial charge is 0.355 e. The maximum Gasteiger partial charge on any atom is 0.276 e. The van der Waals surface area contributed by atoms with Crippen LogP contribution in [0.15, 0.2) is 53.1 Å². The third-order valence-corrected chi connectivity index (χ3v) is 4.89. The van der Waals surface area contributed by atoms with Crippen molar-refractivity contribution in [3.05, 3.63) is 77.2 Å². The van der Waals surface area contributed by atoms with Crippen LogP contribution in [0.4, 0.5) is 13.2 Å². The molecule has 1 aromatic heterocycles. The molecule has 1 saturated heterocycles. The summed E-state index contributed by atoms with van der Waals surface area (Å²) in [5, 5.41) is 3.78. The second-order valence-corrected chi connectivity index (χ2v) is 6.90. The monoisotopic (exact) mass is 401 g/mol. The van der Waals surface area contributed by atoms with Gasteiger partial charge in [-0.1, -0.05) is 17.3 Å². The van der Waals surface area contributed by atoms with Crippen LogP contribution in [0.25, 0.3) is 11.3 Å². The number of benzene rings is 2. The Kier molecular flexibility index (Phi) is 5.35. The molecule has 1 aliphatic heterocycles. The van der Waals surface area contributed by atoms with E-state index in [0.29, 0.717) is 38.3 Å². The summed E-state index contributed by atoms with van der Waals surface area (Å²) in [5.41, 5.74) is 1.30. The molecule has 4 rings (SSSR count). The van der Waals surface area contributed by atoms with Gasteiger partial charge in [0.25, 0.3) is 5.91 Å². The van der Waals surface area contributed by atoms with E-state index in [1.54, 1.807) is 11.0 Å². The zero-order valence-electron chi connectivity index (χ0n) is 15.4. The Morgan fingerprint density at radius 1 is 0.966 bits per heavy atom. The first-order valence-electron chi connectivity index (χ1n) is 9.18. The van der Waals surface area contributed by atoms with E-state index in [1.165, 1.54) is 24.3 Å². The van der Waals surface area contributed by atoms with Crippen LogP contribution in [0, 0.1) is 17.5 Å². The van der Waals surface area contributed by atoms with Gasteiger partial charge in [-0.25, -0.2) is 13.2 Å². The van der Waals surface area contributed by atoms with Gasteiger partial charge < -0.3 is 9.42 Å². The van der Waals surface area contributed by atoms with Crippen molar-refractivity contribution in [1.29, 1.82) is 0 Å². The van der Waals surface area contributed by atoms with Crippen LogP contribution in [-0.4, -0.2) is 47.0 Å². The van der Waals surface area contributed by atoms with E-state index in [-0.39, 0.29) is 23.2 Å². The van der Waals surface area contributed by atoms with Crippen molar-refractivity contribution in [1.82, 2.24) is 15.0 Å². The van der Waals surface area contributed by atoms with Gasteiger partial charge in [0, 0.05) is 44.4 Å². The lowest BCUT2D eigenvalue weighted by atomic mass is 10.1. The minimum atomic E-state index is -0.999. The van der Waals surface area contributed by atoms with Crippen molar-refractivity contribution in [2.24, 2.45) is 0 Å². The predicted molar refractivity (Wildman–Crippen MR) is 99.4 cm³/mol. The molecule has 0 saturated carbocycles. The van der Waals surface area contributed by atoms with Gasteiger partial charge >= 0.3 is 0 Å². The molecular formula is C21H18F3N3O2. The van der Waals surface area contributed by atoms with E-state index < -0.39 is 11.6 Å². The lowest BCUT2D eigenvalue weighted by Gasteiger charge is -2.34. The molecule has 0 atom stereocenters. The molecule has 1 aliphatic rings. The Labute approximate surface area is 165 Å². The smallest absolute Gasteiger partial charge is 0.276 e. The van der Waals surface area contributed by atoms with Gasteiger partial charge in [0.15, 0.2) is 23.1 Å². The maximum absolute atomic E-state index is 13.4. The Hall–Kier alpha value is -3.13. The molecule has 1 fully saturated rings. The van der Waals surface area contributed by atoms with Gasteiger partial charge in [-0.2, -0.15) is 0 Å². The second kappa shape index (κ2) is 8.08. The molecule has 5 nitrogen and oxygen atoms in total. The molecule has 0 bridgehead atoms. The normalized spacial score (nSPS) is 14.9. The minimum absolute atomic E-state index is 0.114. The third kappa shape index (κ3) is 4.32. The molecule has 29 heavy (non-hydrogen) atoms. The summed E-state index contributed by atoms with van der Waals surface area (Å²) in [6.07, 6.45) is 0. The van der Waals surface area contributed by atoms with E-state index in [2.05, 4.69) is 10.1 Å². The molecule has 3 aromatic rings. The number of carbonyl (C=O) groups is 1. The van der Waals surface area contributed by atoms with Crippen LogP contribution in [0.2, 0.25) is 0 Å². The first-order valence-corrected chi connectivity index (χ1v) is 9.18. The van der Waals surface area contributed by atoms with Crippen LogP contribution in [0.3, 0.4) is 0 Å². The highest BCUT2D eigenvalue weighted by atomic mass is 19.2. The molecule has 0 unspecified atom stereocenters. The van der Waals surface area contributed by atoms with Gasteiger partial charge in [0.1, 0.15) is 5.82 Å². The molecule has 2 aromatic carbocycles. The molecule has 0 aliphatic carbocycles. The van der Waals surface area contributed by atoms with E-state index in [9.17, 15) is 18.0 Å². The van der Waals surface area contributed by atoms with Gasteiger partial charge in [-0.15, -0.1) is 0 Å². The second-order valence-electron chi connectivity index (χ2n) is 6.90. The number of aromatic nitrogens is 1. The first kappa shape index (κ1) is 19.2.